The van der Waals surface area contributed by atoms with Crippen molar-refractivity contribution in [2.75, 3.05) is 34.3 Å². The van der Waals surface area contributed by atoms with Gasteiger partial charge in [0.15, 0.2) is 0 Å². The summed E-state index contributed by atoms with van der Waals surface area (Å²) >= 11 is 0. The number of carbonyl (C=O) groups is 1. The lowest BCUT2D eigenvalue weighted by Crippen LogP contribution is -2.44. The second-order valence-corrected chi connectivity index (χ2v) is 6.34. The second kappa shape index (κ2) is 7.05. The van der Waals surface area contributed by atoms with Crippen LogP contribution in [0.25, 0.3) is 11.3 Å². The van der Waals surface area contributed by atoms with E-state index in [0.717, 1.165) is 42.9 Å². The molecule has 1 N–H and O–H groups in total. The highest BCUT2D eigenvalue weighted by molar-refractivity contribution is 5.99. The summed E-state index contributed by atoms with van der Waals surface area (Å²) in [6.07, 6.45) is 3.64. The van der Waals surface area contributed by atoms with Crippen LogP contribution in [0.5, 0.6) is 5.75 Å². The summed E-state index contributed by atoms with van der Waals surface area (Å²) in [6.45, 7) is 2.05. The molecule has 0 aliphatic carbocycles. The molecule has 1 aliphatic rings. The number of nitrogens with zero attached hydrogens (tertiary/aromatic N) is 3. The van der Waals surface area contributed by atoms with E-state index in [2.05, 4.69) is 22.1 Å². The molecule has 0 atom stereocenters. The van der Waals surface area contributed by atoms with Gasteiger partial charge in [-0.2, -0.15) is 5.10 Å². The maximum absolute atomic E-state index is 12.9. The highest BCUT2D eigenvalue weighted by Gasteiger charge is 2.27. The fourth-order valence-electron chi connectivity index (χ4n) is 3.16. The van der Waals surface area contributed by atoms with Gasteiger partial charge in [0.25, 0.3) is 5.91 Å². The van der Waals surface area contributed by atoms with E-state index in [0.29, 0.717) is 5.56 Å². The van der Waals surface area contributed by atoms with Crippen LogP contribution in [0.4, 0.5) is 0 Å². The minimum absolute atomic E-state index is 0.0177. The molecule has 0 unspecified atom stereocenters. The minimum Gasteiger partial charge on any atom is -0.497 e. The molecule has 3 rings (SSSR count). The summed E-state index contributed by atoms with van der Waals surface area (Å²) in [6, 6.07) is 7.90. The number of aromatic nitrogens is 2. The standard InChI is InChI=1S/C18H24N4O2/c1-21-10-8-14(9-11-21)22(2)18(23)16-12-19-20-17(16)13-4-6-15(24-3)7-5-13/h4-7,12,14H,8-11H2,1-3H3,(H,19,20). The summed E-state index contributed by atoms with van der Waals surface area (Å²) in [5.74, 6) is 0.804. The molecule has 24 heavy (non-hydrogen) atoms. The highest BCUT2D eigenvalue weighted by atomic mass is 16.5. The average molecular weight is 328 g/mol. The zero-order valence-electron chi connectivity index (χ0n) is 14.5. The molecule has 1 amide bonds. The first-order valence-electron chi connectivity index (χ1n) is 8.23. The van der Waals surface area contributed by atoms with E-state index in [9.17, 15) is 4.79 Å². The number of carbonyl (C=O) groups excluding carboxylic acids is 1. The summed E-state index contributed by atoms with van der Waals surface area (Å²) in [7, 11) is 5.65. The Kier molecular flexibility index (Phi) is 4.85. The third-order valence-corrected chi connectivity index (χ3v) is 4.80. The van der Waals surface area contributed by atoms with Gasteiger partial charge in [-0.25, -0.2) is 0 Å². The lowest BCUT2D eigenvalue weighted by atomic mass is 10.0. The van der Waals surface area contributed by atoms with Crippen molar-refractivity contribution in [2.24, 2.45) is 0 Å². The summed E-state index contributed by atoms with van der Waals surface area (Å²) in [5, 5.41) is 7.05. The van der Waals surface area contributed by atoms with Gasteiger partial charge >= 0.3 is 0 Å². The Morgan fingerprint density at radius 2 is 1.96 bits per heavy atom. The monoisotopic (exact) mass is 328 g/mol. The number of H-pyrrole nitrogens is 1. The quantitative estimate of drug-likeness (QED) is 0.935. The van der Waals surface area contributed by atoms with Gasteiger partial charge in [-0.15, -0.1) is 0 Å². The van der Waals surface area contributed by atoms with Crippen molar-refractivity contribution in [1.29, 1.82) is 0 Å². The van der Waals surface area contributed by atoms with Crippen LogP contribution in [-0.4, -0.2) is 66.2 Å². The Bertz CT molecular complexity index is 687. The average Bonchev–Trinajstić information content (AvgIpc) is 3.11. The largest absolute Gasteiger partial charge is 0.497 e. The van der Waals surface area contributed by atoms with Crippen molar-refractivity contribution >= 4 is 5.91 Å². The third-order valence-electron chi connectivity index (χ3n) is 4.80. The Morgan fingerprint density at radius 1 is 1.29 bits per heavy atom. The van der Waals surface area contributed by atoms with Gasteiger partial charge < -0.3 is 14.5 Å². The lowest BCUT2D eigenvalue weighted by Gasteiger charge is -2.35. The summed E-state index contributed by atoms with van der Waals surface area (Å²) < 4.78 is 5.19. The molecule has 2 heterocycles. The van der Waals surface area contributed by atoms with Gasteiger partial charge in [-0.05, 0) is 57.2 Å². The molecular formula is C18H24N4O2. The third kappa shape index (κ3) is 3.28. The van der Waals surface area contributed by atoms with Crippen LogP contribution in [0.3, 0.4) is 0 Å². The number of hydrogen-bond donors (Lipinski definition) is 1. The molecular weight excluding hydrogens is 304 g/mol. The summed E-state index contributed by atoms with van der Waals surface area (Å²) in [5.41, 5.74) is 2.29. The normalized spacial score (nSPS) is 16.1. The van der Waals surface area contributed by atoms with Gasteiger partial charge in [0.1, 0.15) is 5.75 Å². The molecule has 0 saturated carbocycles. The van der Waals surface area contributed by atoms with Gasteiger partial charge in [0.2, 0.25) is 0 Å². The Balaban J connectivity index is 1.79. The van der Waals surface area contributed by atoms with Gasteiger partial charge in [-0.1, -0.05) is 0 Å². The van der Waals surface area contributed by atoms with E-state index in [1.54, 1.807) is 13.3 Å². The van der Waals surface area contributed by atoms with E-state index in [1.165, 1.54) is 0 Å². The van der Waals surface area contributed by atoms with Crippen molar-refractivity contribution in [2.45, 2.75) is 18.9 Å². The van der Waals surface area contributed by atoms with Crippen LogP contribution in [0.2, 0.25) is 0 Å². The predicted octanol–water partition coefficient (Wildman–Crippen LogP) is 2.25. The van der Waals surface area contributed by atoms with Crippen LogP contribution in [0.1, 0.15) is 23.2 Å². The number of piperidine rings is 1. The molecule has 1 saturated heterocycles. The number of likely N-dealkylation sites (tertiary alicyclic amines) is 1. The van der Waals surface area contributed by atoms with Crippen molar-refractivity contribution in [3.63, 3.8) is 0 Å². The van der Waals surface area contributed by atoms with Crippen LogP contribution in [0, 0.1) is 0 Å². The molecule has 1 aromatic heterocycles. The maximum atomic E-state index is 12.9. The Hall–Kier alpha value is -2.34. The van der Waals surface area contributed by atoms with Crippen molar-refractivity contribution in [3.05, 3.63) is 36.0 Å². The number of benzene rings is 1. The lowest BCUT2D eigenvalue weighted by molar-refractivity contribution is 0.0660. The number of ether oxygens (including phenoxy) is 1. The number of amides is 1. The molecule has 0 bridgehead atoms. The number of nitrogens with one attached hydrogen (secondary N) is 1. The van der Waals surface area contributed by atoms with Crippen LogP contribution < -0.4 is 4.74 Å². The molecule has 2 aromatic rings. The molecule has 6 heteroatoms. The van der Waals surface area contributed by atoms with Crippen molar-refractivity contribution in [1.82, 2.24) is 20.0 Å². The van der Waals surface area contributed by atoms with E-state index in [1.807, 2.05) is 36.2 Å². The van der Waals surface area contributed by atoms with Crippen LogP contribution in [0.15, 0.2) is 30.5 Å². The molecule has 0 radical (unpaired) electrons. The second-order valence-electron chi connectivity index (χ2n) is 6.34. The molecule has 6 nitrogen and oxygen atoms in total. The molecule has 0 spiro atoms. The molecule has 1 fully saturated rings. The van der Waals surface area contributed by atoms with Crippen LogP contribution in [-0.2, 0) is 0 Å². The number of methoxy groups -OCH3 is 1. The van der Waals surface area contributed by atoms with Gasteiger partial charge in [-0.3, -0.25) is 9.89 Å². The number of rotatable bonds is 4. The highest BCUT2D eigenvalue weighted by Crippen LogP contribution is 2.25. The zero-order chi connectivity index (χ0) is 17.1. The molecule has 1 aromatic carbocycles. The topological polar surface area (TPSA) is 61.5 Å². The van der Waals surface area contributed by atoms with Crippen LogP contribution >= 0.6 is 0 Å². The van der Waals surface area contributed by atoms with E-state index < -0.39 is 0 Å². The first kappa shape index (κ1) is 16.5. The maximum Gasteiger partial charge on any atom is 0.257 e. The fraction of sp³-hybridized carbons (Fsp3) is 0.444. The Labute approximate surface area is 142 Å². The molecule has 1 aliphatic heterocycles. The van der Waals surface area contributed by atoms with Crippen molar-refractivity contribution < 1.29 is 9.53 Å². The SMILES string of the molecule is COc1ccc(-c2[nH]ncc2C(=O)N(C)C2CCN(C)CC2)cc1. The number of hydrogen-bond acceptors (Lipinski definition) is 4. The number of aromatic amines is 1. The first-order chi connectivity index (χ1) is 11.6. The predicted molar refractivity (Wildman–Crippen MR) is 93.2 cm³/mol. The van der Waals surface area contributed by atoms with Gasteiger partial charge in [0.05, 0.1) is 24.6 Å². The van der Waals surface area contributed by atoms with E-state index in [-0.39, 0.29) is 11.9 Å². The first-order valence-corrected chi connectivity index (χ1v) is 8.23. The smallest absolute Gasteiger partial charge is 0.257 e. The zero-order valence-corrected chi connectivity index (χ0v) is 14.5. The van der Waals surface area contributed by atoms with E-state index in [4.69, 9.17) is 4.74 Å². The van der Waals surface area contributed by atoms with Gasteiger partial charge in [0, 0.05) is 18.7 Å². The van der Waals surface area contributed by atoms with E-state index >= 15 is 0 Å². The summed E-state index contributed by atoms with van der Waals surface area (Å²) in [4.78, 5) is 17.1. The Morgan fingerprint density at radius 3 is 2.58 bits per heavy atom. The fourth-order valence-corrected chi connectivity index (χ4v) is 3.16. The van der Waals surface area contributed by atoms with Crippen molar-refractivity contribution in [3.8, 4) is 17.0 Å². The minimum atomic E-state index is 0.0177. The molecule has 128 valence electrons.